The van der Waals surface area contributed by atoms with Gasteiger partial charge in [-0.1, -0.05) is 36.6 Å². The molecule has 1 heterocycles. The highest BCUT2D eigenvalue weighted by molar-refractivity contribution is 6.51. The summed E-state index contributed by atoms with van der Waals surface area (Å²) >= 11 is 0. The van der Waals surface area contributed by atoms with Crippen LogP contribution in [0.2, 0.25) is 6.82 Å². The second-order valence-corrected chi connectivity index (χ2v) is 6.19. The molecular formula is C20H21BNO5. The SMILES string of the molecule is C[B]c1ccc(Oc2cccc(CC(=O)OC)c2)c(CN2CCOC2=O)c1. The van der Waals surface area contributed by atoms with Gasteiger partial charge in [-0.2, -0.15) is 0 Å². The zero-order valence-corrected chi connectivity index (χ0v) is 15.4. The van der Waals surface area contributed by atoms with E-state index in [1.54, 1.807) is 4.90 Å². The minimum Gasteiger partial charge on any atom is -0.469 e. The predicted molar refractivity (Wildman–Crippen MR) is 102 cm³/mol. The van der Waals surface area contributed by atoms with E-state index >= 15 is 0 Å². The van der Waals surface area contributed by atoms with Crippen molar-refractivity contribution in [1.82, 2.24) is 4.90 Å². The van der Waals surface area contributed by atoms with Crippen molar-refractivity contribution in [2.24, 2.45) is 0 Å². The number of hydrogen-bond acceptors (Lipinski definition) is 5. The molecule has 6 nitrogen and oxygen atoms in total. The molecule has 3 rings (SSSR count). The molecule has 1 aliphatic heterocycles. The summed E-state index contributed by atoms with van der Waals surface area (Å²) < 4.78 is 15.8. The van der Waals surface area contributed by atoms with Crippen molar-refractivity contribution in [3.8, 4) is 11.5 Å². The van der Waals surface area contributed by atoms with Gasteiger partial charge in [-0.05, 0) is 23.8 Å². The molecular weight excluding hydrogens is 345 g/mol. The van der Waals surface area contributed by atoms with Crippen LogP contribution in [0, 0.1) is 0 Å². The molecule has 1 saturated heterocycles. The Kier molecular flexibility index (Phi) is 6.01. The second-order valence-electron chi connectivity index (χ2n) is 6.19. The van der Waals surface area contributed by atoms with Crippen molar-refractivity contribution in [3.63, 3.8) is 0 Å². The van der Waals surface area contributed by atoms with E-state index in [0.29, 0.717) is 31.2 Å². The number of methoxy groups -OCH3 is 1. The molecule has 1 radical (unpaired) electrons. The number of nitrogens with zero attached hydrogens (tertiary/aromatic N) is 1. The molecule has 1 fully saturated rings. The Labute approximate surface area is 159 Å². The summed E-state index contributed by atoms with van der Waals surface area (Å²) in [6.07, 6.45) is -0.129. The smallest absolute Gasteiger partial charge is 0.410 e. The minimum atomic E-state index is -0.313. The number of ether oxygens (including phenoxy) is 3. The fourth-order valence-electron chi connectivity index (χ4n) is 2.86. The third kappa shape index (κ3) is 4.81. The first-order valence-electron chi connectivity index (χ1n) is 8.76. The van der Waals surface area contributed by atoms with Gasteiger partial charge in [-0.3, -0.25) is 4.79 Å². The number of rotatable bonds is 7. The molecule has 0 atom stereocenters. The van der Waals surface area contributed by atoms with E-state index in [9.17, 15) is 9.59 Å². The zero-order valence-electron chi connectivity index (χ0n) is 15.4. The van der Waals surface area contributed by atoms with Crippen LogP contribution < -0.4 is 10.2 Å². The van der Waals surface area contributed by atoms with Crippen molar-refractivity contribution < 1.29 is 23.8 Å². The van der Waals surface area contributed by atoms with E-state index < -0.39 is 0 Å². The number of hydrogen-bond donors (Lipinski definition) is 0. The largest absolute Gasteiger partial charge is 0.469 e. The van der Waals surface area contributed by atoms with Crippen molar-refractivity contribution in [3.05, 3.63) is 53.6 Å². The molecule has 139 valence electrons. The van der Waals surface area contributed by atoms with Gasteiger partial charge in [0, 0.05) is 5.56 Å². The number of benzene rings is 2. The Balaban J connectivity index is 1.82. The lowest BCUT2D eigenvalue weighted by Crippen LogP contribution is -2.24. The van der Waals surface area contributed by atoms with Crippen molar-refractivity contribution in [2.45, 2.75) is 19.8 Å². The van der Waals surface area contributed by atoms with Gasteiger partial charge in [-0.15, -0.1) is 0 Å². The molecule has 0 N–H and O–H groups in total. The first kappa shape index (κ1) is 18.8. The number of carbonyl (C=O) groups is 2. The summed E-state index contributed by atoms with van der Waals surface area (Å²) in [6.45, 7) is 3.34. The Bertz CT molecular complexity index is 839. The fourth-order valence-corrected chi connectivity index (χ4v) is 2.86. The normalized spacial score (nSPS) is 13.3. The lowest BCUT2D eigenvalue weighted by molar-refractivity contribution is -0.139. The molecule has 0 aliphatic carbocycles. The van der Waals surface area contributed by atoms with Gasteiger partial charge in [-0.25, -0.2) is 4.79 Å². The number of esters is 1. The average molecular weight is 366 g/mol. The Hall–Kier alpha value is -2.96. The van der Waals surface area contributed by atoms with Crippen molar-refractivity contribution in [1.29, 1.82) is 0 Å². The zero-order chi connectivity index (χ0) is 19.2. The molecule has 2 aromatic rings. The third-order valence-electron chi connectivity index (χ3n) is 4.33. The van der Waals surface area contributed by atoms with Crippen molar-refractivity contribution in [2.75, 3.05) is 20.3 Å². The summed E-state index contributed by atoms with van der Waals surface area (Å²) in [5.41, 5.74) is 2.75. The highest BCUT2D eigenvalue weighted by Crippen LogP contribution is 2.27. The molecule has 1 amide bonds. The fraction of sp³-hybridized carbons (Fsp3) is 0.300. The average Bonchev–Trinajstić information content (AvgIpc) is 3.08. The van der Waals surface area contributed by atoms with Gasteiger partial charge in [0.1, 0.15) is 25.4 Å². The van der Waals surface area contributed by atoms with E-state index in [-0.39, 0.29) is 18.5 Å². The molecule has 7 heteroatoms. The summed E-state index contributed by atoms with van der Waals surface area (Å²) in [4.78, 5) is 24.9. The van der Waals surface area contributed by atoms with E-state index in [2.05, 4.69) is 0 Å². The van der Waals surface area contributed by atoms with Gasteiger partial charge >= 0.3 is 12.1 Å². The molecule has 0 bridgehead atoms. The maximum atomic E-state index is 11.8. The van der Waals surface area contributed by atoms with Crippen LogP contribution >= 0.6 is 0 Å². The van der Waals surface area contributed by atoms with E-state index in [4.69, 9.17) is 14.2 Å². The Morgan fingerprint density at radius 1 is 1.26 bits per heavy atom. The second kappa shape index (κ2) is 8.62. The monoisotopic (exact) mass is 366 g/mol. The van der Waals surface area contributed by atoms with Crippen LogP contribution in [0.4, 0.5) is 4.79 Å². The summed E-state index contributed by atoms with van der Waals surface area (Å²) in [7, 11) is 3.36. The van der Waals surface area contributed by atoms with E-state index in [1.165, 1.54) is 7.11 Å². The number of amides is 1. The molecule has 0 saturated carbocycles. The first-order valence-corrected chi connectivity index (χ1v) is 8.76. The molecule has 27 heavy (non-hydrogen) atoms. The maximum Gasteiger partial charge on any atom is 0.410 e. The van der Waals surface area contributed by atoms with Gasteiger partial charge in [0.2, 0.25) is 0 Å². The predicted octanol–water partition coefficient (Wildman–Crippen LogP) is 2.52. The summed E-state index contributed by atoms with van der Waals surface area (Å²) in [5.74, 6) is 0.980. The number of carbonyl (C=O) groups excluding carboxylic acids is 2. The van der Waals surface area contributed by atoms with Gasteiger partial charge in [0.05, 0.1) is 26.6 Å². The lowest BCUT2D eigenvalue weighted by Gasteiger charge is -2.17. The Morgan fingerprint density at radius 3 is 2.81 bits per heavy atom. The van der Waals surface area contributed by atoms with Crippen LogP contribution in [-0.4, -0.2) is 44.5 Å². The van der Waals surface area contributed by atoms with Gasteiger partial charge < -0.3 is 19.1 Å². The van der Waals surface area contributed by atoms with Gasteiger partial charge in [0.25, 0.3) is 0 Å². The van der Waals surface area contributed by atoms with Gasteiger partial charge in [0.15, 0.2) is 0 Å². The molecule has 0 unspecified atom stereocenters. The molecule has 1 aliphatic rings. The summed E-state index contributed by atoms with van der Waals surface area (Å²) in [5, 5.41) is 0. The standard InChI is InChI=1S/C20H21BNO5/c1-21-16-6-7-18(15(12-16)13-22-8-9-26-20(22)24)27-17-5-3-4-14(10-17)11-19(23)25-2/h3-7,10,12H,8-9,11,13H2,1-2H3. The Morgan fingerprint density at radius 2 is 2.11 bits per heavy atom. The first-order chi connectivity index (χ1) is 13.1. The lowest BCUT2D eigenvalue weighted by atomic mass is 9.73. The highest BCUT2D eigenvalue weighted by atomic mass is 16.6. The molecule has 0 aromatic heterocycles. The van der Waals surface area contributed by atoms with Crippen LogP contribution in [-0.2, 0) is 27.2 Å². The van der Waals surface area contributed by atoms with E-state index in [1.807, 2.05) is 56.6 Å². The van der Waals surface area contributed by atoms with Crippen LogP contribution in [0.1, 0.15) is 11.1 Å². The minimum absolute atomic E-state index is 0.184. The van der Waals surface area contributed by atoms with Crippen LogP contribution in [0.5, 0.6) is 11.5 Å². The van der Waals surface area contributed by atoms with E-state index in [0.717, 1.165) is 16.6 Å². The quantitative estimate of drug-likeness (QED) is 0.557. The maximum absolute atomic E-state index is 11.8. The van der Waals surface area contributed by atoms with Crippen molar-refractivity contribution >= 4 is 24.8 Å². The van der Waals surface area contributed by atoms with Crippen LogP contribution in [0.3, 0.4) is 0 Å². The topological polar surface area (TPSA) is 65.1 Å². The number of cyclic esters (lactones) is 1. The van der Waals surface area contributed by atoms with Crippen LogP contribution in [0.15, 0.2) is 42.5 Å². The molecule has 2 aromatic carbocycles. The van der Waals surface area contributed by atoms with Crippen LogP contribution in [0.25, 0.3) is 0 Å². The summed E-state index contributed by atoms with van der Waals surface area (Å²) in [6, 6.07) is 13.2. The third-order valence-corrected chi connectivity index (χ3v) is 4.33. The highest BCUT2D eigenvalue weighted by Gasteiger charge is 2.23. The molecule has 0 spiro atoms.